The van der Waals surface area contributed by atoms with Crippen LogP contribution in [-0.2, 0) is 10.0 Å². The fraction of sp³-hybridized carbons (Fsp3) is 0. The van der Waals surface area contributed by atoms with Crippen molar-refractivity contribution >= 4 is 37.6 Å². The van der Waals surface area contributed by atoms with Crippen molar-refractivity contribution in [3.63, 3.8) is 0 Å². The topological polar surface area (TPSA) is 60.2 Å². The lowest BCUT2D eigenvalue weighted by molar-refractivity contribution is 0.596. The van der Waals surface area contributed by atoms with Crippen LogP contribution in [0.1, 0.15) is 0 Å². The smallest absolute Gasteiger partial charge is 0.225 e. The zero-order chi connectivity index (χ0) is 10.2. The van der Waals surface area contributed by atoms with Gasteiger partial charge < -0.3 is 0 Å². The van der Waals surface area contributed by atoms with Crippen molar-refractivity contribution in [1.82, 2.24) is 0 Å². The van der Waals surface area contributed by atoms with E-state index in [0.717, 1.165) is 12.1 Å². The predicted octanol–water partition coefficient (Wildman–Crippen LogP) is 1.89. The first-order valence-corrected chi connectivity index (χ1v) is 5.71. The summed E-state index contributed by atoms with van der Waals surface area (Å²) >= 11 is 8.29. The fourth-order valence-corrected chi connectivity index (χ4v) is 2.30. The highest BCUT2D eigenvalue weighted by Gasteiger charge is 2.15. The Labute approximate surface area is 87.9 Å². The van der Waals surface area contributed by atoms with Gasteiger partial charge in [-0.15, -0.1) is 0 Å². The number of sulfonamides is 1. The van der Waals surface area contributed by atoms with Gasteiger partial charge in [-0.05, 0) is 28.1 Å². The Morgan fingerprint density at radius 2 is 2.00 bits per heavy atom. The zero-order valence-electron chi connectivity index (χ0n) is 6.09. The van der Waals surface area contributed by atoms with Crippen molar-refractivity contribution in [2.24, 2.45) is 5.14 Å². The van der Waals surface area contributed by atoms with Gasteiger partial charge in [0.2, 0.25) is 10.0 Å². The zero-order valence-corrected chi connectivity index (χ0v) is 9.25. The molecule has 0 saturated heterocycles. The van der Waals surface area contributed by atoms with E-state index in [1.165, 1.54) is 0 Å². The first-order valence-electron chi connectivity index (χ1n) is 2.99. The molecule has 1 aromatic carbocycles. The third-order valence-electron chi connectivity index (χ3n) is 1.28. The number of hydrogen-bond donors (Lipinski definition) is 1. The molecule has 3 nitrogen and oxygen atoms in total. The molecule has 0 spiro atoms. The lowest BCUT2D eigenvalue weighted by Gasteiger charge is -2.02. The average Bonchev–Trinajstić information content (AvgIpc) is 1.94. The highest BCUT2D eigenvalue weighted by Crippen LogP contribution is 2.26. The van der Waals surface area contributed by atoms with E-state index < -0.39 is 15.8 Å². The van der Waals surface area contributed by atoms with Crippen molar-refractivity contribution in [3.05, 3.63) is 27.4 Å². The van der Waals surface area contributed by atoms with Gasteiger partial charge in [-0.3, -0.25) is 0 Å². The van der Waals surface area contributed by atoms with E-state index in [0.29, 0.717) is 0 Å². The minimum atomic E-state index is -3.90. The van der Waals surface area contributed by atoms with Crippen LogP contribution in [0.5, 0.6) is 0 Å². The van der Waals surface area contributed by atoms with E-state index in [1.54, 1.807) is 0 Å². The Morgan fingerprint density at radius 1 is 1.46 bits per heavy atom. The molecule has 0 aromatic heterocycles. The molecule has 0 saturated carbocycles. The van der Waals surface area contributed by atoms with Crippen molar-refractivity contribution in [2.45, 2.75) is 4.90 Å². The number of halogens is 3. The van der Waals surface area contributed by atoms with E-state index in [4.69, 9.17) is 16.7 Å². The second-order valence-electron chi connectivity index (χ2n) is 2.24. The quantitative estimate of drug-likeness (QED) is 0.802. The average molecular weight is 289 g/mol. The minimum Gasteiger partial charge on any atom is -0.225 e. The van der Waals surface area contributed by atoms with Crippen molar-refractivity contribution in [2.75, 3.05) is 0 Å². The van der Waals surface area contributed by atoms with Crippen molar-refractivity contribution in [3.8, 4) is 0 Å². The Balaban J connectivity index is 3.50. The van der Waals surface area contributed by atoms with Gasteiger partial charge in [0.05, 0.1) is 9.50 Å². The molecule has 0 aliphatic heterocycles. The molecule has 0 bridgehead atoms. The van der Waals surface area contributed by atoms with Crippen LogP contribution in [0, 0.1) is 5.82 Å². The van der Waals surface area contributed by atoms with Crippen LogP contribution in [0.2, 0.25) is 5.02 Å². The Hall–Kier alpha value is -0.170. The van der Waals surface area contributed by atoms with Gasteiger partial charge in [0.25, 0.3) is 0 Å². The molecular weight excluding hydrogens is 284 g/mol. The molecule has 1 aromatic rings. The van der Waals surface area contributed by atoms with Crippen LogP contribution in [-0.4, -0.2) is 8.42 Å². The number of nitrogens with two attached hydrogens (primary N) is 1. The molecule has 13 heavy (non-hydrogen) atoms. The molecule has 0 unspecified atom stereocenters. The third-order valence-corrected chi connectivity index (χ3v) is 3.26. The monoisotopic (exact) mass is 287 g/mol. The molecule has 0 fully saturated rings. The number of hydrogen-bond acceptors (Lipinski definition) is 2. The van der Waals surface area contributed by atoms with E-state index in [1.807, 2.05) is 0 Å². The van der Waals surface area contributed by atoms with Crippen molar-refractivity contribution < 1.29 is 12.8 Å². The maximum Gasteiger partial charge on any atom is 0.239 e. The van der Waals surface area contributed by atoms with Crippen molar-refractivity contribution in [1.29, 1.82) is 0 Å². The maximum atomic E-state index is 12.8. The Bertz CT molecular complexity index is 448. The van der Waals surface area contributed by atoms with Crippen LogP contribution in [0.3, 0.4) is 0 Å². The van der Waals surface area contributed by atoms with Gasteiger partial charge in [-0.2, -0.15) is 0 Å². The lowest BCUT2D eigenvalue weighted by atomic mass is 10.3. The molecule has 0 radical (unpaired) electrons. The van der Waals surface area contributed by atoms with Gasteiger partial charge in [-0.1, -0.05) is 11.6 Å². The molecule has 2 N–H and O–H groups in total. The molecule has 0 heterocycles. The Kier molecular flexibility index (Phi) is 2.96. The lowest BCUT2D eigenvalue weighted by Crippen LogP contribution is -2.12. The SMILES string of the molecule is NS(=O)(=O)c1cc(Br)c(F)cc1Cl. The van der Waals surface area contributed by atoms with E-state index in [2.05, 4.69) is 15.9 Å². The standard InChI is InChI=1S/C6H4BrClFNO2S/c7-3-1-6(13(10,11)12)4(8)2-5(3)9/h1-2H,(H2,10,11,12). The van der Waals surface area contributed by atoms with Crippen LogP contribution < -0.4 is 5.14 Å². The molecule has 0 aliphatic rings. The van der Waals surface area contributed by atoms with E-state index in [-0.39, 0.29) is 14.4 Å². The minimum absolute atomic E-state index is 0.000856. The summed E-state index contributed by atoms with van der Waals surface area (Å²) in [6.45, 7) is 0. The van der Waals surface area contributed by atoms with Gasteiger partial charge >= 0.3 is 0 Å². The first kappa shape index (κ1) is 10.9. The summed E-state index contributed by atoms with van der Waals surface area (Å²) in [5.41, 5.74) is 0. The highest BCUT2D eigenvalue weighted by molar-refractivity contribution is 9.10. The fourth-order valence-electron chi connectivity index (χ4n) is 0.722. The summed E-state index contributed by atoms with van der Waals surface area (Å²) in [5.74, 6) is -0.641. The molecular formula is C6H4BrClFNO2S. The molecule has 72 valence electrons. The van der Waals surface area contributed by atoms with Gasteiger partial charge in [0.1, 0.15) is 10.7 Å². The van der Waals surface area contributed by atoms with E-state index >= 15 is 0 Å². The summed E-state index contributed by atoms with van der Waals surface area (Å²) < 4.78 is 34.5. The summed E-state index contributed by atoms with van der Waals surface area (Å²) in [7, 11) is -3.90. The normalized spacial score (nSPS) is 11.7. The van der Waals surface area contributed by atoms with Gasteiger partial charge in [0.15, 0.2) is 0 Å². The maximum absolute atomic E-state index is 12.8. The van der Waals surface area contributed by atoms with Gasteiger partial charge in [-0.25, -0.2) is 17.9 Å². The number of benzene rings is 1. The summed E-state index contributed by atoms with van der Waals surface area (Å²) in [5, 5.41) is 4.59. The molecule has 0 aliphatic carbocycles. The molecule has 0 amide bonds. The largest absolute Gasteiger partial charge is 0.239 e. The molecule has 0 atom stereocenters. The Morgan fingerprint density at radius 3 is 2.46 bits per heavy atom. The van der Waals surface area contributed by atoms with Crippen LogP contribution >= 0.6 is 27.5 Å². The molecule has 1 rings (SSSR count). The van der Waals surface area contributed by atoms with E-state index in [9.17, 15) is 12.8 Å². The number of primary sulfonamides is 1. The summed E-state index contributed by atoms with van der Waals surface area (Å²) in [6.07, 6.45) is 0. The highest BCUT2D eigenvalue weighted by atomic mass is 79.9. The predicted molar refractivity (Wildman–Crippen MR) is 50.5 cm³/mol. The first-order chi connectivity index (χ1) is 5.82. The van der Waals surface area contributed by atoms with Crippen LogP contribution in [0.4, 0.5) is 4.39 Å². The molecule has 7 heteroatoms. The van der Waals surface area contributed by atoms with Gasteiger partial charge in [0, 0.05) is 0 Å². The summed E-state index contributed by atoms with van der Waals surface area (Å²) in [4.78, 5) is -0.303. The summed E-state index contributed by atoms with van der Waals surface area (Å²) in [6, 6.07) is 1.90. The second kappa shape index (κ2) is 3.53. The van der Waals surface area contributed by atoms with Crippen LogP contribution in [0.15, 0.2) is 21.5 Å². The third kappa shape index (κ3) is 2.40. The number of rotatable bonds is 1. The van der Waals surface area contributed by atoms with Crippen LogP contribution in [0.25, 0.3) is 0 Å². The second-order valence-corrected chi connectivity index (χ2v) is 5.03.